The van der Waals surface area contributed by atoms with Gasteiger partial charge in [-0.05, 0) is 47.9 Å². The molecule has 0 bridgehead atoms. The van der Waals surface area contributed by atoms with Gasteiger partial charge in [0.2, 0.25) is 0 Å². The van der Waals surface area contributed by atoms with Crippen molar-refractivity contribution in [3.05, 3.63) is 85.8 Å². The fourth-order valence-corrected chi connectivity index (χ4v) is 3.74. The lowest BCUT2D eigenvalue weighted by molar-refractivity contribution is -0.112. The molecule has 1 N–H and O–H groups in total. The number of aromatic nitrogens is 1. The highest BCUT2D eigenvalue weighted by Gasteiger charge is 2.13. The number of hydrogen-bond donors (Lipinski definition) is 1. The molecule has 0 aliphatic carbocycles. The quantitative estimate of drug-likeness (QED) is 0.407. The minimum Gasteiger partial charge on any atom is -0.297 e. The highest BCUT2D eigenvalue weighted by Crippen LogP contribution is 2.27. The van der Waals surface area contributed by atoms with E-state index in [1.807, 2.05) is 37.3 Å². The van der Waals surface area contributed by atoms with E-state index in [1.54, 1.807) is 30.5 Å². The number of benzene rings is 2. The summed E-state index contributed by atoms with van der Waals surface area (Å²) >= 11 is 13.5. The Morgan fingerprint density at radius 1 is 1.29 bits per heavy atom. The number of nitrogens with zero attached hydrogens (tertiary/aromatic N) is 2. The molecule has 0 atom stereocenters. The van der Waals surface area contributed by atoms with Gasteiger partial charge in [0.05, 0.1) is 0 Å². The van der Waals surface area contributed by atoms with Gasteiger partial charge in [0.15, 0.2) is 5.13 Å². The van der Waals surface area contributed by atoms with E-state index < -0.39 is 5.91 Å². The number of nitrogens with one attached hydrogen (secondary N) is 1. The van der Waals surface area contributed by atoms with Crippen LogP contribution in [-0.4, -0.2) is 10.9 Å². The van der Waals surface area contributed by atoms with Crippen molar-refractivity contribution in [2.45, 2.75) is 13.3 Å². The van der Waals surface area contributed by atoms with Crippen LogP contribution in [0.5, 0.6) is 0 Å². The maximum Gasteiger partial charge on any atom is 0.268 e. The summed E-state index contributed by atoms with van der Waals surface area (Å²) in [5, 5.41) is 13.7. The number of amides is 1. The van der Waals surface area contributed by atoms with Crippen LogP contribution in [0.15, 0.2) is 54.2 Å². The fourth-order valence-electron chi connectivity index (χ4n) is 2.53. The summed E-state index contributed by atoms with van der Waals surface area (Å²) in [6, 6.07) is 14.8. The second kappa shape index (κ2) is 9.03. The van der Waals surface area contributed by atoms with Crippen LogP contribution in [0.2, 0.25) is 10.0 Å². The zero-order valence-electron chi connectivity index (χ0n) is 14.9. The summed E-state index contributed by atoms with van der Waals surface area (Å²) in [5.41, 5.74) is 2.71. The average Bonchev–Trinajstić information content (AvgIpc) is 3.10. The van der Waals surface area contributed by atoms with Crippen LogP contribution in [0.25, 0.3) is 6.08 Å². The van der Waals surface area contributed by atoms with E-state index in [-0.39, 0.29) is 5.57 Å². The van der Waals surface area contributed by atoms with Crippen molar-refractivity contribution in [3.63, 3.8) is 0 Å². The van der Waals surface area contributed by atoms with Crippen molar-refractivity contribution in [3.8, 4) is 6.07 Å². The van der Waals surface area contributed by atoms with E-state index in [0.29, 0.717) is 21.6 Å². The number of rotatable bonds is 5. The first-order chi connectivity index (χ1) is 13.5. The summed E-state index contributed by atoms with van der Waals surface area (Å²) in [4.78, 5) is 17.6. The van der Waals surface area contributed by atoms with Gasteiger partial charge < -0.3 is 0 Å². The Labute approximate surface area is 177 Å². The molecule has 0 saturated carbocycles. The summed E-state index contributed by atoms with van der Waals surface area (Å²) in [6.07, 6.45) is 3.80. The maximum atomic E-state index is 12.5. The number of aryl methyl sites for hydroxylation is 1. The molecule has 1 amide bonds. The second-order valence-electron chi connectivity index (χ2n) is 6.02. The molecule has 3 rings (SSSR count). The molecule has 4 nitrogen and oxygen atoms in total. The molecule has 0 saturated heterocycles. The lowest BCUT2D eigenvalue weighted by atomic mass is 10.1. The Hall–Kier alpha value is -2.65. The molecule has 1 heterocycles. The lowest BCUT2D eigenvalue weighted by Crippen LogP contribution is -2.13. The predicted octanol–water partition coefficient (Wildman–Crippen LogP) is 5.89. The average molecular weight is 428 g/mol. The van der Waals surface area contributed by atoms with Crippen molar-refractivity contribution in [2.24, 2.45) is 0 Å². The van der Waals surface area contributed by atoms with Crippen molar-refractivity contribution in [1.29, 1.82) is 5.26 Å². The van der Waals surface area contributed by atoms with Crippen molar-refractivity contribution in [2.75, 3.05) is 5.32 Å². The number of hydrogen-bond acceptors (Lipinski definition) is 4. The summed E-state index contributed by atoms with van der Waals surface area (Å²) < 4.78 is 0. The molecule has 0 aliphatic heterocycles. The summed E-state index contributed by atoms with van der Waals surface area (Å²) in [5.74, 6) is -0.493. The Bertz CT molecular complexity index is 1100. The third-order valence-corrected chi connectivity index (χ3v) is 5.52. The van der Waals surface area contributed by atoms with E-state index in [1.165, 1.54) is 11.3 Å². The molecular formula is C21H15Cl2N3OS. The molecule has 140 valence electrons. The van der Waals surface area contributed by atoms with Gasteiger partial charge in [0.1, 0.15) is 11.6 Å². The van der Waals surface area contributed by atoms with Crippen LogP contribution in [0.4, 0.5) is 5.13 Å². The number of halogens is 2. The Kier molecular flexibility index (Phi) is 6.48. The molecule has 0 aliphatic rings. The molecule has 0 unspecified atom stereocenters. The van der Waals surface area contributed by atoms with Crippen LogP contribution in [0.3, 0.4) is 0 Å². The van der Waals surface area contributed by atoms with Gasteiger partial charge in [-0.3, -0.25) is 10.1 Å². The molecule has 0 spiro atoms. The molecular weight excluding hydrogens is 413 g/mol. The summed E-state index contributed by atoms with van der Waals surface area (Å²) in [7, 11) is 0. The van der Waals surface area contributed by atoms with Gasteiger partial charge in [-0.15, -0.1) is 11.3 Å². The topological polar surface area (TPSA) is 65.8 Å². The normalized spacial score (nSPS) is 11.1. The smallest absolute Gasteiger partial charge is 0.268 e. The van der Waals surface area contributed by atoms with Gasteiger partial charge in [0, 0.05) is 27.5 Å². The zero-order chi connectivity index (χ0) is 20.1. The molecule has 28 heavy (non-hydrogen) atoms. The highest BCUT2D eigenvalue weighted by atomic mass is 35.5. The molecule has 1 aromatic heterocycles. The third kappa shape index (κ3) is 4.99. The lowest BCUT2D eigenvalue weighted by Gasteiger charge is -2.03. The SMILES string of the molecule is Cc1ccccc1/C=C(\C#N)C(=O)Nc1ncc(Cc2cc(Cl)ccc2Cl)s1. The Morgan fingerprint density at radius 3 is 2.82 bits per heavy atom. The first kappa shape index (κ1) is 20.1. The zero-order valence-corrected chi connectivity index (χ0v) is 17.2. The molecule has 3 aromatic rings. The number of carbonyl (C=O) groups excluding carboxylic acids is 1. The largest absolute Gasteiger partial charge is 0.297 e. The van der Waals surface area contributed by atoms with Crippen molar-refractivity contribution >= 4 is 51.7 Å². The van der Waals surface area contributed by atoms with Gasteiger partial charge in [-0.1, -0.05) is 47.5 Å². The molecule has 0 radical (unpaired) electrons. The van der Waals surface area contributed by atoms with Gasteiger partial charge in [-0.25, -0.2) is 4.98 Å². The third-order valence-electron chi connectivity index (χ3n) is 4.00. The Morgan fingerprint density at radius 2 is 2.07 bits per heavy atom. The number of anilines is 1. The van der Waals surface area contributed by atoms with Gasteiger partial charge in [-0.2, -0.15) is 5.26 Å². The van der Waals surface area contributed by atoms with Crippen LogP contribution in [0, 0.1) is 18.3 Å². The van der Waals surface area contributed by atoms with Crippen LogP contribution < -0.4 is 5.32 Å². The van der Waals surface area contributed by atoms with E-state index in [0.717, 1.165) is 21.6 Å². The highest BCUT2D eigenvalue weighted by molar-refractivity contribution is 7.15. The van der Waals surface area contributed by atoms with E-state index >= 15 is 0 Å². The minimum absolute atomic E-state index is 0.0175. The second-order valence-corrected chi connectivity index (χ2v) is 7.98. The standard InChI is InChI=1S/C21H15Cl2N3OS/c1-13-4-2-3-5-14(13)8-16(11-24)20(27)26-21-25-12-18(28-21)10-15-9-17(22)6-7-19(15)23/h2-9,12H,10H2,1H3,(H,25,26,27)/b16-8+. The van der Waals surface area contributed by atoms with Gasteiger partial charge in [0.25, 0.3) is 5.91 Å². The Balaban J connectivity index is 1.73. The summed E-state index contributed by atoms with van der Waals surface area (Å²) in [6.45, 7) is 1.92. The first-order valence-electron chi connectivity index (χ1n) is 8.33. The van der Waals surface area contributed by atoms with Crippen molar-refractivity contribution in [1.82, 2.24) is 4.98 Å². The molecule has 0 fully saturated rings. The first-order valence-corrected chi connectivity index (χ1v) is 9.91. The number of nitriles is 1. The van der Waals surface area contributed by atoms with E-state index in [2.05, 4.69) is 10.3 Å². The predicted molar refractivity (Wildman–Crippen MR) is 115 cm³/mol. The molecule has 2 aromatic carbocycles. The van der Waals surface area contributed by atoms with Crippen LogP contribution in [-0.2, 0) is 11.2 Å². The van der Waals surface area contributed by atoms with Crippen LogP contribution >= 0.6 is 34.5 Å². The maximum absolute atomic E-state index is 12.5. The number of thiazole rings is 1. The van der Waals surface area contributed by atoms with Gasteiger partial charge >= 0.3 is 0 Å². The van der Waals surface area contributed by atoms with E-state index in [9.17, 15) is 10.1 Å². The van der Waals surface area contributed by atoms with Crippen molar-refractivity contribution < 1.29 is 4.79 Å². The monoisotopic (exact) mass is 427 g/mol. The van der Waals surface area contributed by atoms with Crippen LogP contribution in [0.1, 0.15) is 21.6 Å². The van der Waals surface area contributed by atoms with E-state index in [4.69, 9.17) is 23.2 Å². The minimum atomic E-state index is -0.493. The molecule has 7 heteroatoms. The number of carbonyl (C=O) groups is 1. The fraction of sp³-hybridized carbons (Fsp3) is 0.0952.